The largest absolute Gasteiger partial charge is 0.497 e. The molecule has 2 heterocycles. The lowest BCUT2D eigenvalue weighted by Gasteiger charge is -2.25. The first-order valence-corrected chi connectivity index (χ1v) is 9.20. The van der Waals surface area contributed by atoms with Crippen molar-refractivity contribution in [3.05, 3.63) is 69.8 Å². The zero-order valence-corrected chi connectivity index (χ0v) is 16.7. The van der Waals surface area contributed by atoms with Gasteiger partial charge in [-0.3, -0.25) is 5.10 Å². The van der Waals surface area contributed by atoms with Crippen LogP contribution in [0, 0.1) is 17.1 Å². The number of nitrogens with two attached hydrogens (primary N) is 1. The summed E-state index contributed by atoms with van der Waals surface area (Å²) in [4.78, 5) is 0. The third kappa shape index (κ3) is 3.00. The molecular formula is C21H16ClFN4O3. The summed E-state index contributed by atoms with van der Waals surface area (Å²) in [5.74, 6) is -0.466. The van der Waals surface area contributed by atoms with E-state index in [9.17, 15) is 9.65 Å². The lowest BCUT2D eigenvalue weighted by atomic mass is 9.82. The van der Waals surface area contributed by atoms with E-state index in [0.717, 1.165) is 0 Å². The molecule has 0 radical (unpaired) electrons. The second-order valence-corrected chi connectivity index (χ2v) is 6.85. The van der Waals surface area contributed by atoms with Crippen LogP contribution in [0.25, 0.3) is 11.3 Å². The van der Waals surface area contributed by atoms with E-state index in [1.165, 1.54) is 26.4 Å². The van der Waals surface area contributed by atoms with Crippen molar-refractivity contribution >= 4 is 11.6 Å². The summed E-state index contributed by atoms with van der Waals surface area (Å²) in [6.07, 6.45) is 0. The molecule has 0 unspecified atom stereocenters. The Morgan fingerprint density at radius 2 is 2.03 bits per heavy atom. The molecule has 9 heteroatoms. The number of hydrogen-bond donors (Lipinski definition) is 2. The second kappa shape index (κ2) is 7.61. The van der Waals surface area contributed by atoms with Crippen molar-refractivity contribution in [3.8, 4) is 34.7 Å². The van der Waals surface area contributed by atoms with Crippen LogP contribution in [-0.4, -0.2) is 24.4 Å². The Morgan fingerprint density at radius 1 is 1.23 bits per heavy atom. The molecule has 2 aromatic carbocycles. The average Bonchev–Trinajstić information content (AvgIpc) is 3.16. The maximum atomic E-state index is 14.9. The Kier molecular flexibility index (Phi) is 4.98. The normalized spacial score (nSPS) is 15.2. The van der Waals surface area contributed by atoms with E-state index in [2.05, 4.69) is 10.2 Å². The number of aromatic nitrogens is 2. The fourth-order valence-corrected chi connectivity index (χ4v) is 3.81. The Morgan fingerprint density at radius 3 is 2.70 bits per heavy atom. The Labute approximate surface area is 176 Å². The van der Waals surface area contributed by atoms with Gasteiger partial charge >= 0.3 is 0 Å². The van der Waals surface area contributed by atoms with E-state index in [1.54, 1.807) is 24.3 Å². The van der Waals surface area contributed by atoms with E-state index in [-0.39, 0.29) is 27.9 Å². The van der Waals surface area contributed by atoms with E-state index < -0.39 is 11.7 Å². The van der Waals surface area contributed by atoms with Gasteiger partial charge in [-0.25, -0.2) is 4.39 Å². The number of nitrogens with one attached hydrogen (secondary N) is 1. The number of nitriles is 1. The third-order valence-electron chi connectivity index (χ3n) is 4.90. The minimum Gasteiger partial charge on any atom is -0.497 e. The number of nitrogens with zero attached hydrogens (tertiary/aromatic N) is 2. The zero-order valence-electron chi connectivity index (χ0n) is 16.0. The van der Waals surface area contributed by atoms with Gasteiger partial charge < -0.3 is 19.9 Å². The van der Waals surface area contributed by atoms with Crippen molar-refractivity contribution in [1.82, 2.24) is 10.2 Å². The van der Waals surface area contributed by atoms with E-state index in [0.29, 0.717) is 28.3 Å². The first-order chi connectivity index (χ1) is 14.5. The summed E-state index contributed by atoms with van der Waals surface area (Å²) < 4.78 is 31.2. The highest BCUT2D eigenvalue weighted by Gasteiger charge is 2.38. The molecule has 0 aliphatic carbocycles. The lowest BCUT2D eigenvalue weighted by Crippen LogP contribution is -2.21. The van der Waals surface area contributed by atoms with Crippen LogP contribution in [0.2, 0.25) is 5.02 Å². The van der Waals surface area contributed by atoms with Gasteiger partial charge in [0, 0.05) is 16.1 Å². The molecule has 0 amide bonds. The van der Waals surface area contributed by atoms with Gasteiger partial charge in [0.15, 0.2) is 0 Å². The molecule has 4 rings (SSSR count). The van der Waals surface area contributed by atoms with Crippen LogP contribution in [0.5, 0.6) is 17.4 Å². The van der Waals surface area contributed by atoms with E-state index in [4.69, 9.17) is 31.5 Å². The van der Waals surface area contributed by atoms with Crippen LogP contribution in [0.15, 0.2) is 47.9 Å². The van der Waals surface area contributed by atoms with Gasteiger partial charge in [0.05, 0.1) is 31.4 Å². The predicted molar refractivity (Wildman–Crippen MR) is 108 cm³/mol. The van der Waals surface area contributed by atoms with Crippen molar-refractivity contribution in [2.24, 2.45) is 5.73 Å². The Balaban J connectivity index is 2.03. The quantitative estimate of drug-likeness (QED) is 0.650. The number of benzene rings is 2. The third-order valence-corrected chi connectivity index (χ3v) is 5.23. The molecule has 1 aliphatic rings. The van der Waals surface area contributed by atoms with Gasteiger partial charge in [0.25, 0.3) is 0 Å². The fourth-order valence-electron chi connectivity index (χ4n) is 3.53. The monoisotopic (exact) mass is 426 g/mol. The molecule has 0 saturated heterocycles. The highest BCUT2D eigenvalue weighted by molar-refractivity contribution is 6.31. The molecule has 0 bridgehead atoms. The van der Waals surface area contributed by atoms with Crippen LogP contribution >= 0.6 is 11.6 Å². The molecule has 3 N–H and O–H groups in total. The summed E-state index contributed by atoms with van der Waals surface area (Å²) in [5, 5.41) is 17.0. The van der Waals surface area contributed by atoms with Crippen LogP contribution in [-0.2, 0) is 0 Å². The first kappa shape index (κ1) is 19.6. The van der Waals surface area contributed by atoms with E-state index >= 15 is 0 Å². The smallest absolute Gasteiger partial charge is 0.244 e. The molecule has 3 aromatic rings. The van der Waals surface area contributed by atoms with Crippen LogP contribution in [0.3, 0.4) is 0 Å². The summed E-state index contributed by atoms with van der Waals surface area (Å²) >= 11 is 6.34. The minimum absolute atomic E-state index is 0.0269. The molecule has 1 aromatic heterocycles. The maximum Gasteiger partial charge on any atom is 0.244 e. The molecule has 1 atom stereocenters. The van der Waals surface area contributed by atoms with Gasteiger partial charge in [-0.1, -0.05) is 17.7 Å². The van der Waals surface area contributed by atoms with Gasteiger partial charge in [-0.2, -0.15) is 5.26 Å². The van der Waals surface area contributed by atoms with E-state index in [1.807, 2.05) is 6.07 Å². The second-order valence-electron chi connectivity index (χ2n) is 6.44. The van der Waals surface area contributed by atoms with Gasteiger partial charge in [0.2, 0.25) is 11.8 Å². The van der Waals surface area contributed by atoms with Crippen molar-refractivity contribution in [1.29, 1.82) is 5.26 Å². The Hall–Kier alpha value is -3.70. The Bertz CT molecular complexity index is 1200. The van der Waals surface area contributed by atoms with Gasteiger partial charge in [-0.15, -0.1) is 5.10 Å². The maximum absolute atomic E-state index is 14.9. The van der Waals surface area contributed by atoms with Crippen LogP contribution in [0.1, 0.15) is 17.0 Å². The van der Waals surface area contributed by atoms with Gasteiger partial charge in [0.1, 0.15) is 29.0 Å². The standard InChI is InChI=1S/C21H16ClFN4O3/c1-28-10-6-7-15(29-2)11(8-10)19-18-16(17-13(22)4-3-5-14(17)23)12(9-24)20(25)30-21(18)27-26-19/h3-8,16H,25H2,1-2H3,(H,26,27)/t16-/m1/s1. The number of allylic oxidation sites excluding steroid dienone is 1. The zero-order chi connectivity index (χ0) is 21.4. The predicted octanol–water partition coefficient (Wildman–Crippen LogP) is 4.10. The van der Waals surface area contributed by atoms with Crippen LogP contribution < -0.4 is 19.9 Å². The fraction of sp³-hybridized carbons (Fsp3) is 0.143. The van der Waals surface area contributed by atoms with Crippen LogP contribution in [0.4, 0.5) is 4.39 Å². The number of rotatable bonds is 4. The number of ether oxygens (including phenoxy) is 3. The molecule has 0 fully saturated rings. The minimum atomic E-state index is -0.933. The summed E-state index contributed by atoms with van der Waals surface area (Å²) in [6.45, 7) is 0. The molecular weight excluding hydrogens is 411 g/mol. The molecule has 30 heavy (non-hydrogen) atoms. The first-order valence-electron chi connectivity index (χ1n) is 8.82. The lowest BCUT2D eigenvalue weighted by molar-refractivity contribution is 0.378. The molecule has 7 nitrogen and oxygen atoms in total. The number of H-pyrrole nitrogens is 1. The highest BCUT2D eigenvalue weighted by atomic mass is 35.5. The summed E-state index contributed by atoms with van der Waals surface area (Å²) in [5.41, 5.74) is 7.55. The molecule has 152 valence electrons. The summed E-state index contributed by atoms with van der Waals surface area (Å²) in [7, 11) is 3.06. The average molecular weight is 427 g/mol. The summed E-state index contributed by atoms with van der Waals surface area (Å²) in [6, 6.07) is 11.5. The van der Waals surface area contributed by atoms with Crippen molar-refractivity contribution in [3.63, 3.8) is 0 Å². The molecule has 1 aliphatic heterocycles. The highest BCUT2D eigenvalue weighted by Crippen LogP contribution is 2.49. The van der Waals surface area contributed by atoms with Gasteiger partial charge in [-0.05, 0) is 30.3 Å². The number of fused-ring (bicyclic) bond motifs is 1. The number of halogens is 2. The number of aromatic amines is 1. The number of methoxy groups -OCH3 is 2. The van der Waals surface area contributed by atoms with Crippen molar-refractivity contribution in [2.75, 3.05) is 14.2 Å². The van der Waals surface area contributed by atoms with Crippen molar-refractivity contribution < 1.29 is 18.6 Å². The SMILES string of the molecule is COc1ccc(OC)c(-c2[nH]nc3c2[C@@H](c2c(F)cccc2Cl)C(C#N)=C(N)O3)c1. The topological polar surface area (TPSA) is 106 Å². The molecule has 0 spiro atoms. The van der Waals surface area contributed by atoms with Crippen molar-refractivity contribution in [2.45, 2.75) is 5.92 Å². The molecule has 0 saturated carbocycles. The number of hydrogen-bond acceptors (Lipinski definition) is 6.